The van der Waals surface area contributed by atoms with Crippen LogP contribution >= 0.6 is 11.6 Å². The summed E-state index contributed by atoms with van der Waals surface area (Å²) in [4.78, 5) is 15.0. The van der Waals surface area contributed by atoms with Gasteiger partial charge in [0.15, 0.2) is 0 Å². The molecule has 3 rings (SSSR count). The van der Waals surface area contributed by atoms with Gasteiger partial charge < -0.3 is 20.5 Å². The van der Waals surface area contributed by atoms with Crippen molar-refractivity contribution in [1.82, 2.24) is 14.8 Å². The van der Waals surface area contributed by atoms with Crippen molar-refractivity contribution in [3.8, 4) is 0 Å². The smallest absolute Gasteiger partial charge is 0.251 e. The molecule has 1 aliphatic rings. The SMILES string of the molecule is C=C/C(=C\c1c(N)ccc(=O)n1CCN1CCC(NCc2ccc(Cl)cc2)CC1)CC. The molecule has 0 saturated carbocycles. The third-order valence-electron chi connectivity index (χ3n) is 5.99. The molecule has 0 atom stereocenters. The highest BCUT2D eigenvalue weighted by Crippen LogP contribution is 2.17. The minimum absolute atomic E-state index is 0.0144. The molecule has 5 nitrogen and oxygen atoms in total. The number of anilines is 1. The van der Waals surface area contributed by atoms with Gasteiger partial charge in [-0.1, -0.05) is 43.3 Å². The quantitative estimate of drug-likeness (QED) is 0.570. The summed E-state index contributed by atoms with van der Waals surface area (Å²) in [6.07, 6.45) is 6.85. The van der Waals surface area contributed by atoms with Crippen molar-refractivity contribution in [3.63, 3.8) is 0 Å². The molecule has 1 aromatic heterocycles. The molecular formula is C25H33ClN4O. The maximum Gasteiger partial charge on any atom is 0.251 e. The molecule has 166 valence electrons. The van der Waals surface area contributed by atoms with E-state index >= 15 is 0 Å². The van der Waals surface area contributed by atoms with E-state index in [0.717, 1.165) is 61.7 Å². The first-order chi connectivity index (χ1) is 15.0. The number of hydrogen-bond donors (Lipinski definition) is 2. The average Bonchev–Trinajstić information content (AvgIpc) is 2.79. The number of nitrogens with one attached hydrogen (secondary N) is 1. The first-order valence-corrected chi connectivity index (χ1v) is 11.4. The summed E-state index contributed by atoms with van der Waals surface area (Å²) >= 11 is 5.96. The van der Waals surface area contributed by atoms with Crippen molar-refractivity contribution >= 4 is 23.4 Å². The lowest BCUT2D eigenvalue weighted by Crippen LogP contribution is -2.43. The zero-order valence-corrected chi connectivity index (χ0v) is 19.1. The van der Waals surface area contributed by atoms with E-state index < -0.39 is 0 Å². The van der Waals surface area contributed by atoms with Gasteiger partial charge in [0.05, 0.1) is 11.4 Å². The molecule has 6 heteroatoms. The zero-order chi connectivity index (χ0) is 22.2. The summed E-state index contributed by atoms with van der Waals surface area (Å²) in [5.74, 6) is 0. The first-order valence-electron chi connectivity index (χ1n) is 11.0. The van der Waals surface area contributed by atoms with E-state index in [9.17, 15) is 4.79 Å². The number of rotatable bonds is 9. The first kappa shape index (κ1) is 23.3. The maximum absolute atomic E-state index is 12.5. The number of aromatic nitrogens is 1. The van der Waals surface area contributed by atoms with Gasteiger partial charge in [-0.3, -0.25) is 4.79 Å². The van der Waals surface area contributed by atoms with Gasteiger partial charge >= 0.3 is 0 Å². The van der Waals surface area contributed by atoms with Crippen molar-refractivity contribution in [3.05, 3.63) is 81.3 Å². The Labute approximate surface area is 190 Å². The molecule has 3 N–H and O–H groups in total. The summed E-state index contributed by atoms with van der Waals surface area (Å²) in [6, 6.07) is 11.8. The molecule has 2 heterocycles. The normalized spacial score (nSPS) is 15.9. The fourth-order valence-electron chi connectivity index (χ4n) is 3.95. The van der Waals surface area contributed by atoms with Crippen LogP contribution in [0.1, 0.15) is 37.4 Å². The lowest BCUT2D eigenvalue weighted by molar-refractivity contribution is 0.190. The number of nitrogens with two attached hydrogens (primary N) is 1. The highest BCUT2D eigenvalue weighted by atomic mass is 35.5. The topological polar surface area (TPSA) is 63.3 Å². The molecule has 1 saturated heterocycles. The van der Waals surface area contributed by atoms with Crippen LogP contribution in [-0.4, -0.2) is 35.1 Å². The Kier molecular flexibility index (Phi) is 8.52. The molecular weight excluding hydrogens is 408 g/mol. The number of pyridine rings is 1. The van der Waals surface area contributed by atoms with Gasteiger partial charge in [0.1, 0.15) is 0 Å². The maximum atomic E-state index is 12.5. The molecule has 1 aliphatic heterocycles. The summed E-state index contributed by atoms with van der Waals surface area (Å²) in [7, 11) is 0. The highest BCUT2D eigenvalue weighted by molar-refractivity contribution is 6.30. The van der Waals surface area contributed by atoms with Crippen LogP contribution < -0.4 is 16.6 Å². The fraction of sp³-hybridized carbons (Fsp3) is 0.400. The standard InChI is InChI=1S/C25H33ClN4O/c1-3-19(4-2)17-24-23(27)9-10-25(31)30(24)16-15-29-13-11-22(12-14-29)28-18-20-5-7-21(26)8-6-20/h3,5-10,17,22,28H,1,4,11-16,18,27H2,2H3/b19-17+. The summed E-state index contributed by atoms with van der Waals surface area (Å²) < 4.78 is 1.79. The second-order valence-electron chi connectivity index (χ2n) is 8.06. The van der Waals surface area contributed by atoms with Crippen LogP contribution in [0.3, 0.4) is 0 Å². The highest BCUT2D eigenvalue weighted by Gasteiger charge is 2.19. The zero-order valence-electron chi connectivity index (χ0n) is 18.3. The van der Waals surface area contributed by atoms with Gasteiger partial charge in [0.2, 0.25) is 0 Å². The van der Waals surface area contributed by atoms with Gasteiger partial charge in [-0.25, -0.2) is 0 Å². The Morgan fingerprint density at radius 1 is 1.19 bits per heavy atom. The van der Waals surface area contributed by atoms with Gasteiger partial charge in [-0.15, -0.1) is 0 Å². The molecule has 0 spiro atoms. The van der Waals surface area contributed by atoms with E-state index in [1.54, 1.807) is 16.7 Å². The number of likely N-dealkylation sites (tertiary alicyclic amines) is 1. The van der Waals surface area contributed by atoms with E-state index in [0.29, 0.717) is 18.3 Å². The lowest BCUT2D eigenvalue weighted by atomic mass is 10.0. The van der Waals surface area contributed by atoms with Crippen LogP contribution in [0.4, 0.5) is 5.69 Å². The van der Waals surface area contributed by atoms with Crippen molar-refractivity contribution in [2.75, 3.05) is 25.4 Å². The fourth-order valence-corrected chi connectivity index (χ4v) is 4.08. The second kappa shape index (κ2) is 11.3. The van der Waals surface area contributed by atoms with Crippen molar-refractivity contribution in [2.24, 2.45) is 0 Å². The number of halogens is 1. The van der Waals surface area contributed by atoms with E-state index in [1.165, 1.54) is 5.56 Å². The molecule has 31 heavy (non-hydrogen) atoms. The predicted octanol–water partition coefficient (Wildman–Crippen LogP) is 4.32. The number of hydrogen-bond acceptors (Lipinski definition) is 4. The van der Waals surface area contributed by atoms with Crippen LogP contribution in [0, 0.1) is 0 Å². The molecule has 0 radical (unpaired) electrons. The number of benzene rings is 1. The summed E-state index contributed by atoms with van der Waals surface area (Å²) in [5, 5.41) is 4.42. The summed E-state index contributed by atoms with van der Waals surface area (Å²) in [5.41, 5.74) is 9.90. The number of nitrogen functional groups attached to an aromatic ring is 1. The number of nitrogens with zero attached hydrogens (tertiary/aromatic N) is 2. The van der Waals surface area contributed by atoms with Gasteiger partial charge in [0.25, 0.3) is 5.56 Å². The molecule has 0 aliphatic carbocycles. The minimum atomic E-state index is -0.0144. The third-order valence-corrected chi connectivity index (χ3v) is 6.24. The largest absolute Gasteiger partial charge is 0.397 e. The number of piperidine rings is 1. The Balaban J connectivity index is 1.54. The second-order valence-corrected chi connectivity index (χ2v) is 8.50. The lowest BCUT2D eigenvalue weighted by Gasteiger charge is -2.32. The Morgan fingerprint density at radius 3 is 2.55 bits per heavy atom. The van der Waals surface area contributed by atoms with Crippen molar-refractivity contribution in [1.29, 1.82) is 0 Å². The van der Waals surface area contributed by atoms with Crippen LogP contribution in [0.2, 0.25) is 5.02 Å². The Hall–Kier alpha value is -2.34. The van der Waals surface area contributed by atoms with Gasteiger partial charge in [0, 0.05) is 36.8 Å². The van der Waals surface area contributed by atoms with Gasteiger partial charge in [-0.2, -0.15) is 0 Å². The van der Waals surface area contributed by atoms with E-state index in [2.05, 4.69) is 35.9 Å². The molecule has 0 unspecified atom stereocenters. The molecule has 0 bridgehead atoms. The van der Waals surface area contributed by atoms with E-state index in [4.69, 9.17) is 17.3 Å². The van der Waals surface area contributed by atoms with Crippen LogP contribution in [-0.2, 0) is 13.1 Å². The van der Waals surface area contributed by atoms with Crippen LogP contribution in [0.5, 0.6) is 0 Å². The van der Waals surface area contributed by atoms with Gasteiger partial charge in [-0.05, 0) is 67.8 Å². The Morgan fingerprint density at radius 2 is 1.90 bits per heavy atom. The molecule has 0 amide bonds. The molecule has 2 aromatic rings. The van der Waals surface area contributed by atoms with E-state index in [1.807, 2.05) is 24.3 Å². The van der Waals surface area contributed by atoms with Crippen LogP contribution in [0.15, 0.2) is 59.4 Å². The van der Waals surface area contributed by atoms with E-state index in [-0.39, 0.29) is 5.56 Å². The van der Waals surface area contributed by atoms with Crippen molar-refractivity contribution in [2.45, 2.75) is 45.3 Å². The third kappa shape index (κ3) is 6.57. The van der Waals surface area contributed by atoms with Crippen molar-refractivity contribution < 1.29 is 0 Å². The monoisotopic (exact) mass is 440 g/mol. The number of allylic oxidation sites excluding steroid dienone is 2. The average molecular weight is 441 g/mol. The molecule has 1 fully saturated rings. The Bertz CT molecular complexity index is 956. The molecule has 1 aromatic carbocycles. The minimum Gasteiger partial charge on any atom is -0.397 e. The van der Waals surface area contributed by atoms with Crippen LogP contribution in [0.25, 0.3) is 6.08 Å². The predicted molar refractivity (Wildman–Crippen MR) is 131 cm³/mol. The summed E-state index contributed by atoms with van der Waals surface area (Å²) in [6.45, 7) is 10.3.